The Labute approximate surface area is 45.1 Å². The van der Waals surface area contributed by atoms with Crippen LogP contribution in [0.15, 0.2) is 0 Å². The van der Waals surface area contributed by atoms with E-state index in [2.05, 4.69) is 19.2 Å². The van der Waals surface area contributed by atoms with Gasteiger partial charge in [-0.2, -0.15) is 0 Å². The van der Waals surface area contributed by atoms with Crippen LogP contribution in [-0.2, 0) is 0 Å². The predicted octanol–water partition coefficient (Wildman–Crippen LogP) is 1.00. The van der Waals surface area contributed by atoms with Gasteiger partial charge in [-0.1, -0.05) is 6.92 Å². The highest BCUT2D eigenvalue weighted by Crippen LogP contribution is 2.10. The van der Waals surface area contributed by atoms with Crippen LogP contribution in [0.2, 0.25) is 0 Å². The number of nitrogens with one attached hydrogen (secondary N) is 1. The number of hydrogen-bond acceptors (Lipinski definition) is 1. The van der Waals surface area contributed by atoms with Crippen LogP contribution in [0.25, 0.3) is 0 Å². The topological polar surface area (TPSA) is 12.0 Å². The summed E-state index contributed by atoms with van der Waals surface area (Å²) < 4.78 is 0. The van der Waals surface area contributed by atoms with Crippen LogP contribution in [0.5, 0.6) is 0 Å². The van der Waals surface area contributed by atoms with E-state index >= 15 is 0 Å². The molecule has 1 nitrogen and oxygen atoms in total. The zero-order valence-corrected chi connectivity index (χ0v) is 5.07. The van der Waals surface area contributed by atoms with Crippen LogP contribution < -0.4 is 5.32 Å². The van der Waals surface area contributed by atoms with Gasteiger partial charge in [0, 0.05) is 6.04 Å². The summed E-state index contributed by atoms with van der Waals surface area (Å²) in [5.41, 5.74) is 0. The third-order valence-electron chi connectivity index (χ3n) is 1.57. The first kappa shape index (κ1) is 5.10. The fraction of sp³-hybridized carbons (Fsp3) is 1.00. The average Bonchev–Trinajstić information content (AvgIpc) is 1.87. The van der Waals surface area contributed by atoms with E-state index in [-0.39, 0.29) is 0 Å². The van der Waals surface area contributed by atoms with Gasteiger partial charge in [-0.15, -0.1) is 0 Å². The largest absolute Gasteiger partial charge is 0.314 e. The quantitative estimate of drug-likeness (QED) is 0.478. The summed E-state index contributed by atoms with van der Waals surface area (Å²) in [6, 6.07) is 0.773. The minimum Gasteiger partial charge on any atom is -0.314 e. The third-order valence-corrected chi connectivity index (χ3v) is 1.57. The van der Waals surface area contributed by atoms with Gasteiger partial charge in [-0.3, -0.25) is 0 Å². The predicted molar refractivity (Wildman–Crippen MR) is 31.2 cm³/mol. The molecule has 0 aliphatic carbocycles. The van der Waals surface area contributed by atoms with E-state index in [4.69, 9.17) is 0 Å². The molecule has 0 saturated carbocycles. The Morgan fingerprint density at radius 1 is 1.43 bits per heavy atom. The first-order chi connectivity index (χ1) is 3.29. The van der Waals surface area contributed by atoms with Crippen LogP contribution in [0.1, 0.15) is 20.3 Å². The molecule has 0 radical (unpaired) electrons. The molecule has 2 atom stereocenters. The van der Waals surface area contributed by atoms with E-state index in [1.807, 2.05) is 0 Å². The minimum atomic E-state index is 0.773. The van der Waals surface area contributed by atoms with Crippen molar-refractivity contribution in [2.45, 2.75) is 26.3 Å². The number of hydrogen-bond donors (Lipinski definition) is 1. The van der Waals surface area contributed by atoms with Crippen molar-refractivity contribution >= 4 is 0 Å². The summed E-state index contributed by atoms with van der Waals surface area (Å²) in [5, 5.41) is 3.37. The van der Waals surface area contributed by atoms with Crippen molar-refractivity contribution in [3.05, 3.63) is 0 Å². The van der Waals surface area contributed by atoms with Gasteiger partial charge in [0.2, 0.25) is 0 Å². The van der Waals surface area contributed by atoms with Crippen LogP contribution in [0, 0.1) is 5.92 Å². The van der Waals surface area contributed by atoms with E-state index in [1.165, 1.54) is 13.0 Å². The Hall–Kier alpha value is -0.0400. The summed E-state index contributed by atoms with van der Waals surface area (Å²) in [5.74, 6) is 0.912. The standard InChI is InChI=1S/C6H13N/c1-5-3-6(2)7-4-5/h5-7H,3-4H2,1-2H3/t5?,6-/m0/s1. The molecule has 0 amide bonds. The van der Waals surface area contributed by atoms with E-state index in [9.17, 15) is 0 Å². The summed E-state index contributed by atoms with van der Waals surface area (Å²) in [6.07, 6.45) is 1.36. The van der Waals surface area contributed by atoms with Gasteiger partial charge in [0.05, 0.1) is 0 Å². The monoisotopic (exact) mass is 99.1 g/mol. The molecule has 1 aliphatic rings. The molecule has 1 heterocycles. The van der Waals surface area contributed by atoms with Gasteiger partial charge in [0.15, 0.2) is 0 Å². The van der Waals surface area contributed by atoms with Crippen LogP contribution in [0.3, 0.4) is 0 Å². The maximum absolute atomic E-state index is 3.37. The summed E-state index contributed by atoms with van der Waals surface area (Å²) in [6.45, 7) is 5.75. The molecular weight excluding hydrogens is 86.1 g/mol. The zero-order chi connectivity index (χ0) is 5.28. The Bertz CT molecular complexity index is 53.2. The van der Waals surface area contributed by atoms with Crippen LogP contribution in [-0.4, -0.2) is 12.6 Å². The first-order valence-corrected chi connectivity index (χ1v) is 3.02. The molecule has 1 saturated heterocycles. The Morgan fingerprint density at radius 3 is 2.29 bits per heavy atom. The summed E-state index contributed by atoms with van der Waals surface area (Å²) >= 11 is 0. The zero-order valence-electron chi connectivity index (χ0n) is 5.07. The summed E-state index contributed by atoms with van der Waals surface area (Å²) in [7, 11) is 0. The second-order valence-corrected chi connectivity index (χ2v) is 2.65. The molecule has 42 valence electrons. The Kier molecular flexibility index (Phi) is 1.33. The second-order valence-electron chi connectivity index (χ2n) is 2.65. The molecule has 0 aromatic heterocycles. The van der Waals surface area contributed by atoms with Crippen molar-refractivity contribution in [3.8, 4) is 0 Å². The molecule has 1 fully saturated rings. The van der Waals surface area contributed by atoms with Gasteiger partial charge in [0.1, 0.15) is 0 Å². The first-order valence-electron chi connectivity index (χ1n) is 3.02. The Balaban J connectivity index is 2.26. The molecule has 0 aromatic rings. The molecular formula is C6H13N. The van der Waals surface area contributed by atoms with E-state index in [1.54, 1.807) is 0 Å². The average molecular weight is 99.2 g/mol. The Morgan fingerprint density at radius 2 is 2.14 bits per heavy atom. The normalized spacial score (nSPS) is 42.0. The SMILES string of the molecule is CC1CN[C@@H](C)C1. The van der Waals surface area contributed by atoms with Crippen molar-refractivity contribution in [2.75, 3.05) is 6.54 Å². The van der Waals surface area contributed by atoms with E-state index in [0.717, 1.165) is 12.0 Å². The van der Waals surface area contributed by atoms with Gasteiger partial charge >= 0.3 is 0 Å². The maximum atomic E-state index is 3.37. The molecule has 7 heavy (non-hydrogen) atoms. The van der Waals surface area contributed by atoms with Crippen molar-refractivity contribution in [1.29, 1.82) is 0 Å². The summed E-state index contributed by atoms with van der Waals surface area (Å²) in [4.78, 5) is 0. The lowest BCUT2D eigenvalue weighted by molar-refractivity contribution is 0.622. The third kappa shape index (κ3) is 1.16. The van der Waals surface area contributed by atoms with Crippen molar-refractivity contribution < 1.29 is 0 Å². The van der Waals surface area contributed by atoms with E-state index < -0.39 is 0 Å². The number of rotatable bonds is 0. The lowest BCUT2D eigenvalue weighted by atomic mass is 10.1. The van der Waals surface area contributed by atoms with Gasteiger partial charge in [-0.25, -0.2) is 0 Å². The fourth-order valence-electron chi connectivity index (χ4n) is 1.17. The van der Waals surface area contributed by atoms with Gasteiger partial charge < -0.3 is 5.32 Å². The molecule has 0 spiro atoms. The second kappa shape index (κ2) is 1.83. The van der Waals surface area contributed by atoms with Gasteiger partial charge in [-0.05, 0) is 25.8 Å². The fourth-order valence-corrected chi connectivity index (χ4v) is 1.17. The lowest BCUT2D eigenvalue weighted by Crippen LogP contribution is -2.16. The molecule has 1 aliphatic heterocycles. The smallest absolute Gasteiger partial charge is 0.00418 e. The van der Waals surface area contributed by atoms with Crippen LogP contribution >= 0.6 is 0 Å². The van der Waals surface area contributed by atoms with Crippen molar-refractivity contribution in [2.24, 2.45) is 5.92 Å². The highest BCUT2D eigenvalue weighted by molar-refractivity contribution is 4.74. The molecule has 0 aromatic carbocycles. The molecule has 0 bridgehead atoms. The van der Waals surface area contributed by atoms with Crippen molar-refractivity contribution in [1.82, 2.24) is 5.32 Å². The maximum Gasteiger partial charge on any atom is 0.00418 e. The lowest BCUT2D eigenvalue weighted by Gasteiger charge is -1.96. The van der Waals surface area contributed by atoms with Gasteiger partial charge in [0.25, 0.3) is 0 Å². The highest BCUT2D eigenvalue weighted by Gasteiger charge is 2.14. The van der Waals surface area contributed by atoms with Crippen molar-refractivity contribution in [3.63, 3.8) is 0 Å². The molecule has 1 heteroatoms. The molecule has 1 unspecified atom stereocenters. The minimum absolute atomic E-state index is 0.773. The van der Waals surface area contributed by atoms with Crippen LogP contribution in [0.4, 0.5) is 0 Å². The molecule has 1 N–H and O–H groups in total. The highest BCUT2D eigenvalue weighted by atomic mass is 14.9. The van der Waals surface area contributed by atoms with E-state index in [0.29, 0.717) is 0 Å². The molecule has 1 rings (SSSR count).